The summed E-state index contributed by atoms with van der Waals surface area (Å²) < 4.78 is 0. The molecule has 1 aromatic rings. The number of rotatable bonds is 3. The summed E-state index contributed by atoms with van der Waals surface area (Å²) in [5, 5.41) is 6.23. The van der Waals surface area contributed by atoms with Gasteiger partial charge < -0.3 is 10.6 Å². The molecule has 1 saturated heterocycles. The van der Waals surface area contributed by atoms with Gasteiger partial charge in [0.05, 0.1) is 0 Å². The van der Waals surface area contributed by atoms with Crippen molar-refractivity contribution in [1.29, 1.82) is 0 Å². The molecule has 128 valence electrons. The van der Waals surface area contributed by atoms with Crippen molar-refractivity contribution in [1.82, 2.24) is 10.6 Å². The molecule has 1 aromatic carbocycles. The first kappa shape index (κ1) is 18.0. The number of fused-ring (bicyclic) bond motifs is 1. The van der Waals surface area contributed by atoms with Crippen LogP contribution in [0.4, 0.5) is 0 Å². The van der Waals surface area contributed by atoms with Crippen molar-refractivity contribution >= 4 is 5.91 Å². The largest absolute Gasteiger partial charge is 0.352 e. The second-order valence-electron chi connectivity index (χ2n) is 7.14. The molecule has 2 aliphatic rings. The highest BCUT2D eigenvalue weighted by molar-refractivity contribution is 5.96. The highest BCUT2D eigenvalue weighted by Gasteiger charge is 2.17. The van der Waals surface area contributed by atoms with Crippen LogP contribution in [0, 0.1) is 12.8 Å². The second kappa shape index (κ2) is 9.07. The van der Waals surface area contributed by atoms with Crippen molar-refractivity contribution < 1.29 is 4.79 Å². The highest BCUT2D eigenvalue weighted by Crippen LogP contribution is 2.26. The van der Waals surface area contributed by atoms with Gasteiger partial charge >= 0.3 is 0 Å². The van der Waals surface area contributed by atoms with Crippen molar-refractivity contribution in [3.05, 3.63) is 34.4 Å². The van der Waals surface area contributed by atoms with Gasteiger partial charge in [0.15, 0.2) is 0 Å². The Bertz CT molecular complexity index is 511. The number of benzene rings is 1. The normalized spacial score (nSPS) is 16.5. The van der Waals surface area contributed by atoms with E-state index in [2.05, 4.69) is 37.5 Å². The van der Waals surface area contributed by atoms with Crippen LogP contribution in [0.5, 0.6) is 0 Å². The van der Waals surface area contributed by atoms with E-state index in [0.29, 0.717) is 5.92 Å². The van der Waals surface area contributed by atoms with Gasteiger partial charge in [-0.25, -0.2) is 0 Å². The van der Waals surface area contributed by atoms with Crippen molar-refractivity contribution in [2.45, 2.75) is 59.3 Å². The van der Waals surface area contributed by atoms with Crippen LogP contribution in [0.25, 0.3) is 0 Å². The van der Waals surface area contributed by atoms with Gasteiger partial charge in [-0.05, 0) is 87.2 Å². The third-order valence-corrected chi connectivity index (χ3v) is 4.69. The number of hydrogen-bond acceptors (Lipinski definition) is 2. The molecule has 1 heterocycles. The summed E-state index contributed by atoms with van der Waals surface area (Å²) >= 11 is 0. The summed E-state index contributed by atoms with van der Waals surface area (Å²) in [5.41, 5.74) is 4.90. The topological polar surface area (TPSA) is 41.1 Å². The van der Waals surface area contributed by atoms with Crippen LogP contribution in [0.15, 0.2) is 12.1 Å². The minimum atomic E-state index is 0.0783. The van der Waals surface area contributed by atoms with Crippen LogP contribution in [0.3, 0.4) is 0 Å². The average Bonchev–Trinajstić information content (AvgIpc) is 3.13. The van der Waals surface area contributed by atoms with Gasteiger partial charge in [-0.2, -0.15) is 0 Å². The van der Waals surface area contributed by atoms with E-state index in [-0.39, 0.29) is 5.91 Å². The molecule has 0 radical (unpaired) electrons. The van der Waals surface area contributed by atoms with Gasteiger partial charge in [0.2, 0.25) is 0 Å². The minimum absolute atomic E-state index is 0.0783. The number of carbonyl (C=O) groups is 1. The maximum Gasteiger partial charge on any atom is 0.251 e. The molecule has 0 unspecified atom stereocenters. The molecular formula is C20H32N2O. The first-order valence-corrected chi connectivity index (χ1v) is 9.20. The fourth-order valence-corrected chi connectivity index (χ4v) is 3.28. The van der Waals surface area contributed by atoms with Gasteiger partial charge in [0.25, 0.3) is 5.91 Å². The molecule has 3 rings (SSSR count). The van der Waals surface area contributed by atoms with Crippen LogP contribution in [0.1, 0.15) is 66.6 Å². The van der Waals surface area contributed by atoms with Crippen LogP contribution in [0.2, 0.25) is 0 Å². The monoisotopic (exact) mass is 316 g/mol. The van der Waals surface area contributed by atoms with Gasteiger partial charge in [-0.1, -0.05) is 19.9 Å². The average molecular weight is 316 g/mol. The minimum Gasteiger partial charge on any atom is -0.352 e. The fraction of sp³-hybridized carbons (Fsp3) is 0.650. The highest BCUT2D eigenvalue weighted by atomic mass is 16.1. The fourth-order valence-electron chi connectivity index (χ4n) is 3.28. The second-order valence-corrected chi connectivity index (χ2v) is 7.14. The molecule has 1 amide bonds. The van der Waals surface area contributed by atoms with Crippen molar-refractivity contribution in [3.63, 3.8) is 0 Å². The molecule has 0 bridgehead atoms. The Morgan fingerprint density at radius 1 is 1.13 bits per heavy atom. The Hall–Kier alpha value is -1.35. The van der Waals surface area contributed by atoms with Crippen molar-refractivity contribution in [2.75, 3.05) is 19.6 Å². The summed E-state index contributed by atoms with van der Waals surface area (Å²) in [6, 6.07) is 4.14. The lowest BCUT2D eigenvalue weighted by Gasteiger charge is -2.20. The maximum absolute atomic E-state index is 12.1. The molecule has 0 spiro atoms. The van der Waals surface area contributed by atoms with Crippen molar-refractivity contribution in [2.24, 2.45) is 5.92 Å². The Balaban J connectivity index is 0.000000326. The summed E-state index contributed by atoms with van der Waals surface area (Å²) in [6.07, 6.45) is 7.62. The SMILES string of the molecule is C1CCNC1.Cc1c(C(=O)NCC(C)C)ccc2c1CCCC2. The van der Waals surface area contributed by atoms with Crippen LogP contribution in [-0.4, -0.2) is 25.5 Å². The van der Waals surface area contributed by atoms with Crippen LogP contribution < -0.4 is 10.6 Å². The lowest BCUT2D eigenvalue weighted by molar-refractivity contribution is 0.0948. The van der Waals surface area contributed by atoms with Gasteiger partial charge in [-0.15, -0.1) is 0 Å². The maximum atomic E-state index is 12.1. The Morgan fingerprint density at radius 2 is 1.83 bits per heavy atom. The Labute approximate surface area is 141 Å². The zero-order chi connectivity index (χ0) is 16.7. The molecule has 0 saturated carbocycles. The first-order valence-electron chi connectivity index (χ1n) is 9.20. The summed E-state index contributed by atoms with van der Waals surface area (Å²) in [4.78, 5) is 12.1. The van der Waals surface area contributed by atoms with E-state index in [1.807, 2.05) is 6.07 Å². The van der Waals surface area contributed by atoms with E-state index in [1.54, 1.807) is 0 Å². The molecule has 1 aliphatic heterocycles. The van der Waals surface area contributed by atoms with E-state index in [0.717, 1.165) is 18.5 Å². The molecule has 3 heteroatoms. The molecule has 3 nitrogen and oxygen atoms in total. The lowest BCUT2D eigenvalue weighted by Crippen LogP contribution is -2.28. The van der Waals surface area contributed by atoms with E-state index >= 15 is 0 Å². The zero-order valence-electron chi connectivity index (χ0n) is 15.0. The zero-order valence-corrected chi connectivity index (χ0v) is 15.0. The first-order chi connectivity index (χ1) is 11.1. The molecule has 0 aromatic heterocycles. The van der Waals surface area contributed by atoms with Crippen LogP contribution in [-0.2, 0) is 12.8 Å². The van der Waals surface area contributed by atoms with E-state index in [9.17, 15) is 4.79 Å². The van der Waals surface area contributed by atoms with Gasteiger partial charge in [0, 0.05) is 12.1 Å². The molecule has 1 fully saturated rings. The molecule has 23 heavy (non-hydrogen) atoms. The van der Waals surface area contributed by atoms with E-state index < -0.39 is 0 Å². The third-order valence-electron chi connectivity index (χ3n) is 4.69. The summed E-state index contributed by atoms with van der Waals surface area (Å²) in [5.74, 6) is 0.571. The predicted molar refractivity (Wildman–Crippen MR) is 97.1 cm³/mol. The van der Waals surface area contributed by atoms with Gasteiger partial charge in [-0.3, -0.25) is 4.79 Å². The number of aryl methyl sites for hydroxylation is 1. The molecule has 0 atom stereocenters. The molecule has 2 N–H and O–H groups in total. The van der Waals surface area contributed by atoms with Crippen molar-refractivity contribution in [3.8, 4) is 0 Å². The summed E-state index contributed by atoms with van der Waals surface area (Å²) in [6.45, 7) is 9.56. The summed E-state index contributed by atoms with van der Waals surface area (Å²) in [7, 11) is 0. The number of carbonyl (C=O) groups excluding carboxylic acids is 1. The smallest absolute Gasteiger partial charge is 0.251 e. The predicted octanol–water partition coefficient (Wildman–Crippen LogP) is 3.63. The van der Waals surface area contributed by atoms with Gasteiger partial charge in [0.1, 0.15) is 0 Å². The van der Waals surface area contributed by atoms with E-state index in [1.165, 1.54) is 61.9 Å². The number of nitrogens with one attached hydrogen (secondary N) is 2. The van der Waals surface area contributed by atoms with Crippen LogP contribution >= 0.6 is 0 Å². The van der Waals surface area contributed by atoms with E-state index in [4.69, 9.17) is 0 Å². The quantitative estimate of drug-likeness (QED) is 0.894. The molecule has 1 aliphatic carbocycles. The lowest BCUT2D eigenvalue weighted by atomic mass is 9.86. The Kier molecular flexibility index (Phi) is 7.10. The standard InChI is InChI=1S/C16H23NO.C4H9N/c1-11(2)10-17-16(18)15-9-8-13-6-4-5-7-14(13)12(15)3;1-2-4-5-3-1/h8-9,11H,4-7,10H2,1-3H3,(H,17,18);5H,1-4H2. The Morgan fingerprint density at radius 3 is 2.43 bits per heavy atom. The third kappa shape index (κ3) is 5.35. The number of amides is 1. The number of hydrogen-bond donors (Lipinski definition) is 2. The molecular weight excluding hydrogens is 284 g/mol.